The van der Waals surface area contributed by atoms with Crippen LogP contribution in [0.3, 0.4) is 0 Å². The van der Waals surface area contributed by atoms with Gasteiger partial charge in [0.1, 0.15) is 5.75 Å². The third-order valence-corrected chi connectivity index (χ3v) is 8.74. The first-order valence-electron chi connectivity index (χ1n) is 14.4. The molecule has 8 heteroatoms. The van der Waals surface area contributed by atoms with Crippen LogP contribution in [0.5, 0.6) is 11.6 Å². The van der Waals surface area contributed by atoms with Gasteiger partial charge in [-0.3, -0.25) is 0 Å². The summed E-state index contributed by atoms with van der Waals surface area (Å²) in [6.07, 6.45) is 7.64. The predicted octanol–water partition coefficient (Wildman–Crippen LogP) is 7.32. The van der Waals surface area contributed by atoms with Crippen molar-refractivity contribution < 1.29 is 4.74 Å². The van der Waals surface area contributed by atoms with Gasteiger partial charge < -0.3 is 15.4 Å². The Hall–Kier alpha value is -3.88. The molecule has 5 aromatic rings. The summed E-state index contributed by atoms with van der Waals surface area (Å²) in [4.78, 5) is 18.8. The SMILES string of the molecule is Cc1ccc2c(CCc3csc(C(C)C)n3)cccc2c1Oc1ncccc1-c1ccnc(N[C@H]2CCCNC2)n1. The van der Waals surface area contributed by atoms with E-state index >= 15 is 0 Å². The van der Waals surface area contributed by atoms with Gasteiger partial charge in [0, 0.05) is 41.7 Å². The minimum Gasteiger partial charge on any atom is -0.437 e. The zero-order valence-electron chi connectivity index (χ0n) is 23.9. The molecular formula is C33H36N6OS. The first-order chi connectivity index (χ1) is 20.0. The van der Waals surface area contributed by atoms with Crippen molar-refractivity contribution in [2.45, 2.75) is 58.4 Å². The molecule has 0 radical (unpaired) electrons. The minimum absolute atomic E-state index is 0.323. The molecule has 210 valence electrons. The number of thiazole rings is 1. The number of benzene rings is 2. The van der Waals surface area contributed by atoms with Crippen LogP contribution in [0.15, 0.2) is 66.3 Å². The number of anilines is 1. The van der Waals surface area contributed by atoms with Crippen LogP contribution in [-0.4, -0.2) is 39.1 Å². The maximum Gasteiger partial charge on any atom is 0.228 e. The summed E-state index contributed by atoms with van der Waals surface area (Å²) in [5.41, 5.74) is 5.11. The van der Waals surface area contributed by atoms with Crippen LogP contribution in [0.2, 0.25) is 0 Å². The van der Waals surface area contributed by atoms with Crippen molar-refractivity contribution in [1.29, 1.82) is 0 Å². The second kappa shape index (κ2) is 12.3. The fourth-order valence-electron chi connectivity index (χ4n) is 5.32. The molecule has 0 spiro atoms. The number of piperidine rings is 1. The molecule has 41 heavy (non-hydrogen) atoms. The van der Waals surface area contributed by atoms with Crippen LogP contribution in [0, 0.1) is 6.92 Å². The van der Waals surface area contributed by atoms with E-state index in [4.69, 9.17) is 14.7 Å². The van der Waals surface area contributed by atoms with Gasteiger partial charge >= 0.3 is 0 Å². The average molecular weight is 565 g/mol. The lowest BCUT2D eigenvalue weighted by Crippen LogP contribution is -2.38. The Morgan fingerprint density at radius 2 is 1.93 bits per heavy atom. The summed E-state index contributed by atoms with van der Waals surface area (Å²) in [6, 6.07) is 16.9. The summed E-state index contributed by atoms with van der Waals surface area (Å²) in [5, 5.41) is 12.6. The standard InChI is InChI=1S/C33H36N6OS/c1-21(2)32-37-25(20-41-32)13-12-23-7-4-9-27-26(23)14-11-22(3)30(27)40-31-28(10-6-17-35-31)29-15-18-36-33(39-29)38-24-8-5-16-34-19-24/h4,6-7,9-11,14-15,17-18,20-21,24,34H,5,8,12-13,16,19H2,1-3H3,(H,36,38,39)/t24-/m0/s1. The van der Waals surface area contributed by atoms with E-state index in [9.17, 15) is 0 Å². The van der Waals surface area contributed by atoms with Crippen LogP contribution in [-0.2, 0) is 12.8 Å². The van der Waals surface area contributed by atoms with Gasteiger partial charge in [0.25, 0.3) is 0 Å². The first-order valence-corrected chi connectivity index (χ1v) is 15.3. The van der Waals surface area contributed by atoms with E-state index in [1.165, 1.54) is 16.0 Å². The number of hydrogen-bond acceptors (Lipinski definition) is 8. The number of nitrogens with one attached hydrogen (secondary N) is 2. The number of fused-ring (bicyclic) bond motifs is 1. The summed E-state index contributed by atoms with van der Waals surface area (Å²) in [5.74, 6) is 2.43. The van der Waals surface area contributed by atoms with Crippen LogP contribution >= 0.6 is 11.3 Å². The van der Waals surface area contributed by atoms with Crippen molar-refractivity contribution in [2.24, 2.45) is 0 Å². The van der Waals surface area contributed by atoms with Gasteiger partial charge in [-0.05, 0) is 73.9 Å². The van der Waals surface area contributed by atoms with Crippen LogP contribution in [0.4, 0.5) is 5.95 Å². The molecular weight excluding hydrogens is 528 g/mol. The zero-order chi connectivity index (χ0) is 28.2. The Morgan fingerprint density at radius 1 is 1.00 bits per heavy atom. The number of aromatic nitrogens is 4. The van der Waals surface area contributed by atoms with E-state index < -0.39 is 0 Å². The maximum absolute atomic E-state index is 6.63. The van der Waals surface area contributed by atoms with Crippen molar-refractivity contribution in [3.05, 3.63) is 88.1 Å². The Morgan fingerprint density at radius 3 is 2.76 bits per heavy atom. The molecule has 1 atom stereocenters. The minimum atomic E-state index is 0.323. The van der Waals surface area contributed by atoms with Gasteiger partial charge in [-0.15, -0.1) is 11.3 Å². The van der Waals surface area contributed by atoms with Crippen molar-refractivity contribution in [3.8, 4) is 22.9 Å². The summed E-state index contributed by atoms with van der Waals surface area (Å²) in [7, 11) is 0. The highest BCUT2D eigenvalue weighted by Crippen LogP contribution is 2.37. The number of pyridine rings is 1. The molecule has 1 fully saturated rings. The van der Waals surface area contributed by atoms with Gasteiger partial charge in [-0.25, -0.2) is 19.9 Å². The normalized spacial score (nSPS) is 15.4. The quantitative estimate of drug-likeness (QED) is 0.194. The number of hydrogen-bond donors (Lipinski definition) is 2. The molecule has 1 saturated heterocycles. The van der Waals surface area contributed by atoms with E-state index in [0.29, 0.717) is 23.8 Å². The average Bonchev–Trinajstić information content (AvgIpc) is 3.48. The van der Waals surface area contributed by atoms with E-state index in [0.717, 1.165) is 72.4 Å². The van der Waals surface area contributed by atoms with Crippen molar-refractivity contribution in [3.63, 3.8) is 0 Å². The molecule has 0 amide bonds. The lowest BCUT2D eigenvalue weighted by atomic mass is 9.98. The topological polar surface area (TPSA) is 84.9 Å². The van der Waals surface area contributed by atoms with E-state index in [2.05, 4.69) is 77.1 Å². The number of rotatable bonds is 9. The van der Waals surface area contributed by atoms with Crippen LogP contribution < -0.4 is 15.4 Å². The molecule has 3 aromatic heterocycles. The molecule has 0 unspecified atom stereocenters. The van der Waals surface area contributed by atoms with Crippen molar-refractivity contribution >= 4 is 28.1 Å². The van der Waals surface area contributed by atoms with E-state index in [-0.39, 0.29) is 0 Å². The fraction of sp³-hybridized carbons (Fsp3) is 0.333. The second-order valence-electron chi connectivity index (χ2n) is 11.0. The lowest BCUT2D eigenvalue weighted by molar-refractivity contribution is 0.466. The molecule has 0 saturated carbocycles. The Labute approximate surface area is 245 Å². The van der Waals surface area contributed by atoms with Crippen LogP contribution in [0.1, 0.15) is 54.4 Å². The molecule has 6 rings (SSSR count). The first kappa shape index (κ1) is 27.3. The summed E-state index contributed by atoms with van der Waals surface area (Å²) in [6.45, 7) is 8.45. The largest absolute Gasteiger partial charge is 0.437 e. The van der Waals surface area contributed by atoms with Gasteiger partial charge in [-0.2, -0.15) is 0 Å². The predicted molar refractivity (Wildman–Crippen MR) is 167 cm³/mol. The van der Waals surface area contributed by atoms with Gasteiger partial charge in [0.05, 0.1) is 22.0 Å². The van der Waals surface area contributed by atoms with E-state index in [1.807, 2.05) is 18.2 Å². The van der Waals surface area contributed by atoms with Crippen molar-refractivity contribution in [1.82, 2.24) is 25.3 Å². The van der Waals surface area contributed by atoms with Gasteiger partial charge in [0.2, 0.25) is 11.8 Å². The fourth-order valence-corrected chi connectivity index (χ4v) is 6.19. The smallest absolute Gasteiger partial charge is 0.228 e. The Balaban J connectivity index is 1.28. The van der Waals surface area contributed by atoms with Crippen molar-refractivity contribution in [2.75, 3.05) is 18.4 Å². The molecule has 2 N–H and O–H groups in total. The number of ether oxygens (including phenoxy) is 1. The lowest BCUT2D eigenvalue weighted by Gasteiger charge is -2.23. The molecule has 7 nitrogen and oxygen atoms in total. The third kappa shape index (κ3) is 6.24. The molecule has 4 heterocycles. The summed E-state index contributed by atoms with van der Waals surface area (Å²) >= 11 is 1.76. The zero-order valence-corrected chi connectivity index (χ0v) is 24.7. The van der Waals surface area contributed by atoms with E-state index in [1.54, 1.807) is 23.7 Å². The Kier molecular flexibility index (Phi) is 8.21. The molecule has 1 aliphatic heterocycles. The molecule has 1 aliphatic rings. The highest BCUT2D eigenvalue weighted by molar-refractivity contribution is 7.09. The highest BCUT2D eigenvalue weighted by atomic mass is 32.1. The molecule has 2 aromatic carbocycles. The second-order valence-corrected chi connectivity index (χ2v) is 11.9. The van der Waals surface area contributed by atoms with Crippen LogP contribution in [0.25, 0.3) is 22.0 Å². The number of aryl methyl sites for hydroxylation is 3. The third-order valence-electron chi connectivity index (χ3n) is 7.54. The summed E-state index contributed by atoms with van der Waals surface area (Å²) < 4.78 is 6.63. The molecule has 0 bridgehead atoms. The van der Waals surface area contributed by atoms with Gasteiger partial charge in [0.15, 0.2) is 0 Å². The van der Waals surface area contributed by atoms with Gasteiger partial charge in [-0.1, -0.05) is 44.2 Å². The highest BCUT2D eigenvalue weighted by Gasteiger charge is 2.17. The molecule has 0 aliphatic carbocycles. The maximum atomic E-state index is 6.63. The Bertz CT molecular complexity index is 1640. The monoisotopic (exact) mass is 564 g/mol. The number of nitrogens with zero attached hydrogens (tertiary/aromatic N) is 4.